The van der Waals surface area contributed by atoms with Gasteiger partial charge in [-0.25, -0.2) is 18.7 Å². The highest BCUT2D eigenvalue weighted by molar-refractivity contribution is 7.89. The largest absolute Gasteiger partial charge is 0.496 e. The lowest BCUT2D eigenvalue weighted by atomic mass is 10.1. The highest BCUT2D eigenvalue weighted by Gasteiger charge is 2.19. The molecule has 0 saturated heterocycles. The number of ether oxygens (including phenoxy) is 1. The number of aromatic amines is 1. The minimum absolute atomic E-state index is 0.000716. The molecule has 2 aromatic rings. The van der Waals surface area contributed by atoms with Crippen LogP contribution in [0.5, 0.6) is 5.75 Å². The van der Waals surface area contributed by atoms with Crippen LogP contribution in [0.4, 0.5) is 5.69 Å². The number of nitrogens with one attached hydrogen (secondary N) is 1. The Morgan fingerprint density at radius 3 is 2.65 bits per heavy atom. The van der Waals surface area contributed by atoms with Crippen LogP contribution in [-0.4, -0.2) is 35.6 Å². The standard InChI is InChI=1S/C9H9N5O5S/c1-19-7-4-5(14(15)16)2-3-6(7)8-11-9(13-12-8)20(10,17)18/h2-4H,1H3,(H2,10,17,18)(H,11,12,13). The molecule has 106 valence electrons. The van der Waals surface area contributed by atoms with Crippen molar-refractivity contribution in [2.75, 3.05) is 7.11 Å². The number of hydrogen-bond acceptors (Lipinski definition) is 7. The maximum atomic E-state index is 11.1. The second kappa shape index (κ2) is 4.86. The minimum Gasteiger partial charge on any atom is -0.496 e. The predicted octanol–water partition coefficient (Wildman–Crippen LogP) is 0.0359. The molecule has 0 unspecified atom stereocenters. The van der Waals surface area contributed by atoms with Gasteiger partial charge in [0.2, 0.25) is 0 Å². The Morgan fingerprint density at radius 1 is 1.45 bits per heavy atom. The molecule has 10 nitrogen and oxygen atoms in total. The van der Waals surface area contributed by atoms with Crippen LogP contribution in [0.25, 0.3) is 11.4 Å². The molecule has 0 saturated carbocycles. The summed E-state index contributed by atoms with van der Waals surface area (Å²) in [5.41, 5.74) is 0.122. The smallest absolute Gasteiger partial charge is 0.273 e. The summed E-state index contributed by atoms with van der Waals surface area (Å²) >= 11 is 0. The average molecular weight is 299 g/mol. The number of nitro groups is 1. The average Bonchev–Trinajstić information content (AvgIpc) is 2.87. The molecule has 20 heavy (non-hydrogen) atoms. The highest BCUT2D eigenvalue weighted by Crippen LogP contribution is 2.31. The Morgan fingerprint density at radius 2 is 2.15 bits per heavy atom. The van der Waals surface area contributed by atoms with Gasteiger partial charge >= 0.3 is 0 Å². The molecule has 0 amide bonds. The van der Waals surface area contributed by atoms with E-state index >= 15 is 0 Å². The van der Waals surface area contributed by atoms with Gasteiger partial charge in [-0.3, -0.25) is 10.1 Å². The SMILES string of the molecule is COc1cc([N+](=O)[O-])ccc1-c1n[nH]c(S(N)(=O)=O)n1. The Kier molecular flexibility index (Phi) is 3.38. The molecule has 0 radical (unpaired) electrons. The molecule has 1 aromatic heterocycles. The first-order chi connectivity index (χ1) is 9.32. The van der Waals surface area contributed by atoms with Crippen LogP contribution in [0.1, 0.15) is 0 Å². The molecular formula is C9H9N5O5S. The molecule has 0 fully saturated rings. The number of nitrogens with zero attached hydrogens (tertiary/aromatic N) is 3. The van der Waals surface area contributed by atoms with E-state index < -0.39 is 20.1 Å². The van der Waals surface area contributed by atoms with Gasteiger partial charge in [0.25, 0.3) is 20.9 Å². The third kappa shape index (κ3) is 2.57. The first kappa shape index (κ1) is 13.9. The van der Waals surface area contributed by atoms with Gasteiger partial charge in [-0.1, -0.05) is 0 Å². The second-order valence-electron chi connectivity index (χ2n) is 3.65. The maximum absolute atomic E-state index is 11.1. The number of nitrogens with two attached hydrogens (primary N) is 1. The molecular weight excluding hydrogens is 290 g/mol. The fraction of sp³-hybridized carbons (Fsp3) is 0.111. The molecule has 3 N–H and O–H groups in total. The zero-order valence-electron chi connectivity index (χ0n) is 10.1. The third-order valence-corrected chi connectivity index (χ3v) is 3.09. The number of benzene rings is 1. The number of rotatable bonds is 4. The van der Waals surface area contributed by atoms with Gasteiger partial charge in [0.05, 0.1) is 23.7 Å². The lowest BCUT2D eigenvalue weighted by Gasteiger charge is -2.04. The van der Waals surface area contributed by atoms with Crippen molar-refractivity contribution < 1.29 is 18.1 Å². The van der Waals surface area contributed by atoms with Crippen molar-refractivity contribution in [1.29, 1.82) is 0 Å². The molecule has 0 spiro atoms. The van der Waals surface area contributed by atoms with E-state index in [1.165, 1.54) is 25.3 Å². The quantitative estimate of drug-likeness (QED) is 0.596. The number of aromatic nitrogens is 3. The van der Waals surface area contributed by atoms with Gasteiger partial charge in [-0.2, -0.15) is 10.1 Å². The summed E-state index contributed by atoms with van der Waals surface area (Å²) in [7, 11) is -2.69. The van der Waals surface area contributed by atoms with Crippen molar-refractivity contribution in [3.05, 3.63) is 28.3 Å². The zero-order valence-corrected chi connectivity index (χ0v) is 10.9. The summed E-state index contributed by atoms with van der Waals surface area (Å²) in [5.74, 6) is 0.139. The van der Waals surface area contributed by atoms with E-state index in [1.54, 1.807) is 0 Å². The molecule has 1 heterocycles. The fourth-order valence-corrected chi connectivity index (χ4v) is 1.86. The fourth-order valence-electron chi connectivity index (χ4n) is 1.47. The summed E-state index contributed by atoms with van der Waals surface area (Å²) in [6.07, 6.45) is 0. The van der Waals surface area contributed by atoms with Gasteiger partial charge in [0.1, 0.15) is 5.75 Å². The lowest BCUT2D eigenvalue weighted by molar-refractivity contribution is -0.384. The van der Waals surface area contributed by atoms with E-state index in [1.807, 2.05) is 0 Å². The third-order valence-electron chi connectivity index (χ3n) is 2.37. The number of primary sulfonamides is 1. The van der Waals surface area contributed by atoms with E-state index in [-0.39, 0.29) is 17.3 Å². The van der Waals surface area contributed by atoms with Crippen molar-refractivity contribution >= 4 is 15.7 Å². The number of H-pyrrole nitrogens is 1. The Labute approximate surface area is 112 Å². The van der Waals surface area contributed by atoms with Crippen LogP contribution in [0.2, 0.25) is 0 Å². The van der Waals surface area contributed by atoms with Crippen LogP contribution < -0.4 is 9.88 Å². The number of sulfonamides is 1. The van der Waals surface area contributed by atoms with Gasteiger partial charge in [-0.15, -0.1) is 0 Å². The van der Waals surface area contributed by atoms with Crippen molar-refractivity contribution in [1.82, 2.24) is 15.2 Å². The summed E-state index contributed by atoms with van der Waals surface area (Å²) < 4.78 is 27.2. The minimum atomic E-state index is -4.01. The van der Waals surface area contributed by atoms with Gasteiger partial charge in [-0.05, 0) is 6.07 Å². The zero-order chi connectivity index (χ0) is 14.9. The van der Waals surface area contributed by atoms with E-state index in [4.69, 9.17) is 9.88 Å². The molecule has 0 atom stereocenters. The van der Waals surface area contributed by atoms with E-state index in [0.29, 0.717) is 5.56 Å². The number of methoxy groups -OCH3 is 1. The monoisotopic (exact) mass is 299 g/mol. The predicted molar refractivity (Wildman–Crippen MR) is 66.4 cm³/mol. The molecule has 1 aromatic carbocycles. The van der Waals surface area contributed by atoms with Crippen LogP contribution in [-0.2, 0) is 10.0 Å². The lowest BCUT2D eigenvalue weighted by Crippen LogP contribution is -2.13. The molecule has 0 aliphatic carbocycles. The van der Waals surface area contributed by atoms with Crippen LogP contribution >= 0.6 is 0 Å². The molecule has 0 aliphatic heterocycles. The number of hydrogen-bond donors (Lipinski definition) is 2. The van der Waals surface area contributed by atoms with Crippen LogP contribution in [0.15, 0.2) is 23.4 Å². The summed E-state index contributed by atoms with van der Waals surface area (Å²) in [6, 6.07) is 3.76. The Bertz CT molecular complexity index is 769. The molecule has 11 heteroatoms. The first-order valence-electron chi connectivity index (χ1n) is 5.11. The van der Waals surface area contributed by atoms with Crippen molar-refractivity contribution in [3.8, 4) is 17.1 Å². The van der Waals surface area contributed by atoms with Crippen molar-refractivity contribution in [2.24, 2.45) is 5.14 Å². The van der Waals surface area contributed by atoms with Gasteiger partial charge < -0.3 is 4.74 Å². The van der Waals surface area contributed by atoms with Gasteiger partial charge in [0, 0.05) is 6.07 Å². The summed E-state index contributed by atoms with van der Waals surface area (Å²) in [5, 5.41) is 20.9. The van der Waals surface area contributed by atoms with E-state index in [9.17, 15) is 18.5 Å². The van der Waals surface area contributed by atoms with Crippen LogP contribution in [0, 0.1) is 10.1 Å². The summed E-state index contributed by atoms with van der Waals surface area (Å²) in [6.45, 7) is 0. The topological polar surface area (TPSA) is 154 Å². The highest BCUT2D eigenvalue weighted by atomic mass is 32.2. The molecule has 0 bridgehead atoms. The van der Waals surface area contributed by atoms with E-state index in [2.05, 4.69) is 15.2 Å². The first-order valence-corrected chi connectivity index (χ1v) is 6.65. The van der Waals surface area contributed by atoms with E-state index in [0.717, 1.165) is 0 Å². The maximum Gasteiger partial charge on any atom is 0.273 e. The second-order valence-corrected chi connectivity index (χ2v) is 5.13. The Hall–Kier alpha value is -2.53. The summed E-state index contributed by atoms with van der Waals surface area (Å²) in [4.78, 5) is 13.8. The molecule has 2 rings (SSSR count). The number of non-ortho nitro benzene ring substituents is 1. The van der Waals surface area contributed by atoms with Crippen LogP contribution in [0.3, 0.4) is 0 Å². The van der Waals surface area contributed by atoms with Crippen molar-refractivity contribution in [3.63, 3.8) is 0 Å². The Balaban J connectivity index is 2.52. The number of nitro benzene ring substituents is 1. The normalized spacial score (nSPS) is 11.3. The molecule has 0 aliphatic rings. The van der Waals surface area contributed by atoms with Gasteiger partial charge in [0.15, 0.2) is 5.82 Å². The van der Waals surface area contributed by atoms with Crippen molar-refractivity contribution in [2.45, 2.75) is 5.16 Å².